The number of nitrogens with two attached hydrogens (primary N) is 3. The fourth-order valence-electron chi connectivity index (χ4n) is 2.35. The summed E-state index contributed by atoms with van der Waals surface area (Å²) in [5, 5.41) is 3.64. The maximum absolute atomic E-state index is 5.79. The first-order valence-corrected chi connectivity index (χ1v) is 6.90. The quantitative estimate of drug-likeness (QED) is 0.433. The summed E-state index contributed by atoms with van der Waals surface area (Å²) in [6.07, 6.45) is 2.81. The zero-order valence-electron chi connectivity index (χ0n) is 13.2. The second-order valence-corrected chi connectivity index (χ2v) is 6.40. The lowest BCUT2D eigenvalue weighted by molar-refractivity contribution is 0.201. The molecule has 0 aromatic rings. The molecule has 0 aliphatic carbocycles. The van der Waals surface area contributed by atoms with Gasteiger partial charge in [-0.05, 0) is 23.8 Å². The van der Waals surface area contributed by atoms with Crippen LogP contribution < -0.4 is 22.5 Å². The van der Waals surface area contributed by atoms with E-state index >= 15 is 0 Å². The van der Waals surface area contributed by atoms with Crippen LogP contribution in [0.4, 0.5) is 0 Å². The lowest BCUT2D eigenvalue weighted by Gasteiger charge is -2.37. The minimum atomic E-state index is -0.0140. The zero-order valence-corrected chi connectivity index (χ0v) is 13.2. The zero-order chi connectivity index (χ0) is 15.2. The summed E-state index contributed by atoms with van der Waals surface area (Å²) in [7, 11) is 0. The normalized spacial score (nSPS) is 16.3. The first kappa shape index (κ1) is 17.8. The Kier molecular flexibility index (Phi) is 6.90. The Bertz CT molecular complexity index is 321. The molecule has 0 spiro atoms. The Balaban J connectivity index is 4.93. The summed E-state index contributed by atoms with van der Waals surface area (Å²) < 4.78 is 0. The summed E-state index contributed by atoms with van der Waals surface area (Å²) in [6.45, 7) is 13.3. The predicted octanol–water partition coefficient (Wildman–Crippen LogP) is 1.50. The average molecular weight is 269 g/mol. The minimum absolute atomic E-state index is 0.0140. The maximum atomic E-state index is 5.79. The van der Waals surface area contributed by atoms with E-state index in [1.165, 1.54) is 0 Å². The molecule has 5 nitrogen and oxygen atoms in total. The van der Waals surface area contributed by atoms with Gasteiger partial charge in [0.1, 0.15) is 5.82 Å². The fourth-order valence-corrected chi connectivity index (χ4v) is 2.35. The average Bonchev–Trinajstić information content (AvgIpc) is 2.20. The van der Waals surface area contributed by atoms with Crippen molar-refractivity contribution < 1.29 is 0 Å². The van der Waals surface area contributed by atoms with Crippen LogP contribution in [0.15, 0.2) is 16.9 Å². The van der Waals surface area contributed by atoms with Crippen molar-refractivity contribution in [3.63, 3.8) is 0 Å². The molecule has 0 aromatic heterocycles. The van der Waals surface area contributed by atoms with Gasteiger partial charge in [0, 0.05) is 12.1 Å². The molecule has 2 atom stereocenters. The molecule has 0 aromatic carbocycles. The fraction of sp³-hybridized carbons (Fsp3) is 0.786. The smallest absolute Gasteiger partial charge is 0.192 e. The van der Waals surface area contributed by atoms with Crippen molar-refractivity contribution in [2.24, 2.45) is 33.5 Å². The van der Waals surface area contributed by atoms with E-state index in [1.807, 2.05) is 6.08 Å². The first-order valence-electron chi connectivity index (χ1n) is 6.90. The Morgan fingerprint density at radius 3 is 2.05 bits per heavy atom. The number of hydrogen-bond donors (Lipinski definition) is 4. The van der Waals surface area contributed by atoms with Crippen LogP contribution in [-0.2, 0) is 0 Å². The lowest BCUT2D eigenvalue weighted by Crippen LogP contribution is -2.48. The van der Waals surface area contributed by atoms with E-state index in [0.29, 0.717) is 17.8 Å². The second kappa shape index (κ2) is 7.38. The van der Waals surface area contributed by atoms with Crippen molar-refractivity contribution in [3.8, 4) is 0 Å². The number of hydrogen-bond acceptors (Lipinski definition) is 3. The molecule has 0 bridgehead atoms. The van der Waals surface area contributed by atoms with Crippen LogP contribution in [0.3, 0.4) is 0 Å². The largest absolute Gasteiger partial charge is 0.384 e. The highest BCUT2D eigenvalue weighted by Crippen LogP contribution is 2.25. The SMILES string of the molecule is CCC(/C=C(/N)N=C(N)N)NC(C(C)C)C(C)(C)C. The van der Waals surface area contributed by atoms with Crippen molar-refractivity contribution in [3.05, 3.63) is 11.9 Å². The van der Waals surface area contributed by atoms with Gasteiger partial charge < -0.3 is 22.5 Å². The monoisotopic (exact) mass is 269 g/mol. The highest BCUT2D eigenvalue weighted by Gasteiger charge is 2.28. The van der Waals surface area contributed by atoms with E-state index in [9.17, 15) is 0 Å². The molecule has 0 aliphatic rings. The topological polar surface area (TPSA) is 102 Å². The van der Waals surface area contributed by atoms with Crippen LogP contribution in [0.1, 0.15) is 48.0 Å². The van der Waals surface area contributed by atoms with Crippen LogP contribution in [0.5, 0.6) is 0 Å². The van der Waals surface area contributed by atoms with Gasteiger partial charge in [-0.25, -0.2) is 0 Å². The Morgan fingerprint density at radius 2 is 1.74 bits per heavy atom. The Morgan fingerprint density at radius 1 is 1.21 bits per heavy atom. The van der Waals surface area contributed by atoms with E-state index in [1.54, 1.807) is 0 Å². The summed E-state index contributed by atoms with van der Waals surface area (Å²) in [6, 6.07) is 0.551. The Labute approximate surface area is 117 Å². The van der Waals surface area contributed by atoms with Gasteiger partial charge in [-0.15, -0.1) is 0 Å². The third kappa shape index (κ3) is 7.06. The van der Waals surface area contributed by atoms with Crippen molar-refractivity contribution in [1.29, 1.82) is 0 Å². The summed E-state index contributed by atoms with van der Waals surface area (Å²) in [4.78, 5) is 3.85. The van der Waals surface area contributed by atoms with Crippen molar-refractivity contribution in [2.45, 2.75) is 60.0 Å². The van der Waals surface area contributed by atoms with Gasteiger partial charge in [-0.1, -0.05) is 41.5 Å². The molecular weight excluding hydrogens is 238 g/mol. The molecule has 5 heteroatoms. The van der Waals surface area contributed by atoms with E-state index in [2.05, 4.69) is 51.9 Å². The van der Waals surface area contributed by atoms with Crippen LogP contribution >= 0.6 is 0 Å². The highest BCUT2D eigenvalue weighted by molar-refractivity contribution is 5.76. The first-order chi connectivity index (χ1) is 8.57. The van der Waals surface area contributed by atoms with Gasteiger partial charge in [-0.2, -0.15) is 4.99 Å². The Hall–Kier alpha value is -1.23. The van der Waals surface area contributed by atoms with Crippen LogP contribution in [0, 0.1) is 11.3 Å². The third-order valence-corrected chi connectivity index (χ3v) is 3.06. The van der Waals surface area contributed by atoms with E-state index < -0.39 is 0 Å². The number of aliphatic imine (C=N–C) groups is 1. The highest BCUT2D eigenvalue weighted by atomic mass is 15.0. The van der Waals surface area contributed by atoms with Gasteiger partial charge in [0.2, 0.25) is 0 Å². The molecule has 112 valence electrons. The number of rotatable bonds is 6. The molecule has 2 unspecified atom stereocenters. The van der Waals surface area contributed by atoms with Gasteiger partial charge in [0.05, 0.1) is 0 Å². The number of nitrogens with one attached hydrogen (secondary N) is 1. The molecule has 0 amide bonds. The minimum Gasteiger partial charge on any atom is -0.384 e. The van der Waals surface area contributed by atoms with Gasteiger partial charge >= 0.3 is 0 Å². The molecule has 0 aliphatic heterocycles. The molecule has 0 radical (unpaired) electrons. The summed E-state index contributed by atoms with van der Waals surface area (Å²) in [5.74, 6) is 0.877. The molecule has 7 N–H and O–H groups in total. The van der Waals surface area contributed by atoms with E-state index in [4.69, 9.17) is 17.2 Å². The molecule has 0 rings (SSSR count). The van der Waals surface area contributed by atoms with Crippen molar-refractivity contribution in [2.75, 3.05) is 0 Å². The van der Waals surface area contributed by atoms with Crippen LogP contribution in [-0.4, -0.2) is 18.0 Å². The second-order valence-electron chi connectivity index (χ2n) is 6.40. The molecule has 0 heterocycles. The van der Waals surface area contributed by atoms with Crippen molar-refractivity contribution >= 4 is 5.96 Å². The number of nitrogens with zero attached hydrogens (tertiary/aromatic N) is 1. The van der Waals surface area contributed by atoms with Crippen LogP contribution in [0.25, 0.3) is 0 Å². The van der Waals surface area contributed by atoms with E-state index in [0.717, 1.165) is 6.42 Å². The third-order valence-electron chi connectivity index (χ3n) is 3.06. The number of guanidine groups is 1. The van der Waals surface area contributed by atoms with Gasteiger partial charge in [0.15, 0.2) is 5.96 Å². The predicted molar refractivity (Wildman–Crippen MR) is 83.4 cm³/mol. The standard InChI is InChI=1S/C14H31N5/c1-7-10(8-11(15)19-13(16)17)18-12(9(2)3)14(4,5)6/h8-10,12,18H,7,15H2,1-6H3,(H4,16,17,19)/b11-8-. The maximum Gasteiger partial charge on any atom is 0.192 e. The summed E-state index contributed by atoms with van der Waals surface area (Å²) >= 11 is 0. The molecule has 0 saturated heterocycles. The summed E-state index contributed by atoms with van der Waals surface area (Å²) in [5.41, 5.74) is 16.6. The van der Waals surface area contributed by atoms with Gasteiger partial charge in [0.25, 0.3) is 0 Å². The molecule has 0 fully saturated rings. The van der Waals surface area contributed by atoms with Gasteiger partial charge in [-0.3, -0.25) is 0 Å². The van der Waals surface area contributed by atoms with E-state index in [-0.39, 0.29) is 17.4 Å². The molecule has 19 heavy (non-hydrogen) atoms. The van der Waals surface area contributed by atoms with Crippen molar-refractivity contribution in [1.82, 2.24) is 5.32 Å². The van der Waals surface area contributed by atoms with Crippen LogP contribution in [0.2, 0.25) is 0 Å². The lowest BCUT2D eigenvalue weighted by atomic mass is 9.80. The molecule has 0 saturated carbocycles. The molecular formula is C14H31N5.